The predicted molar refractivity (Wildman–Crippen MR) is 94.1 cm³/mol. The van der Waals surface area contributed by atoms with E-state index in [4.69, 9.17) is 16.3 Å². The Labute approximate surface area is 152 Å². The van der Waals surface area contributed by atoms with Crippen LogP contribution in [0.15, 0.2) is 61.1 Å². The van der Waals surface area contributed by atoms with Crippen molar-refractivity contribution >= 4 is 17.4 Å². The van der Waals surface area contributed by atoms with E-state index in [-0.39, 0.29) is 12.4 Å². The molecular weight excluding hydrogens is 360 g/mol. The predicted octanol–water partition coefficient (Wildman–Crippen LogP) is 4.91. The smallest absolute Gasteiger partial charge is 0.234 e. The van der Waals surface area contributed by atoms with Gasteiger partial charge in [-0.2, -0.15) is 0 Å². The number of hydrogen-bond donors (Lipinski definition) is 0. The lowest BCUT2D eigenvalue weighted by Gasteiger charge is -2.04. The summed E-state index contributed by atoms with van der Waals surface area (Å²) in [5.74, 6) is 0.344. The molecule has 0 bridgehead atoms. The molecule has 26 heavy (non-hydrogen) atoms. The van der Waals surface area contributed by atoms with Gasteiger partial charge in [-0.05, 0) is 42.5 Å². The molecule has 130 valence electrons. The van der Waals surface area contributed by atoms with Crippen molar-refractivity contribution in [2.45, 2.75) is 6.61 Å². The Hall–Kier alpha value is -2.99. The summed E-state index contributed by atoms with van der Waals surface area (Å²) in [5.41, 5.74) is 2.09. The second kappa shape index (κ2) is 6.72. The van der Waals surface area contributed by atoms with Crippen LogP contribution >= 0.6 is 11.6 Å². The second-order valence-electron chi connectivity index (χ2n) is 5.65. The van der Waals surface area contributed by atoms with Crippen LogP contribution < -0.4 is 4.74 Å². The normalized spacial score (nSPS) is 11.0. The van der Waals surface area contributed by atoms with E-state index >= 15 is 0 Å². The first-order chi connectivity index (χ1) is 12.6. The number of ether oxygens (including phenoxy) is 1. The van der Waals surface area contributed by atoms with Crippen LogP contribution in [-0.2, 0) is 6.61 Å². The highest BCUT2D eigenvalue weighted by molar-refractivity contribution is 6.33. The van der Waals surface area contributed by atoms with Gasteiger partial charge in [-0.1, -0.05) is 11.6 Å². The van der Waals surface area contributed by atoms with Gasteiger partial charge in [-0.25, -0.2) is 18.7 Å². The third kappa shape index (κ3) is 3.36. The average molecular weight is 372 g/mol. The first-order valence-electron chi connectivity index (χ1n) is 7.76. The van der Waals surface area contributed by atoms with E-state index in [2.05, 4.69) is 9.97 Å². The zero-order chi connectivity index (χ0) is 18.1. The van der Waals surface area contributed by atoms with Crippen LogP contribution in [0.2, 0.25) is 5.02 Å². The molecular formula is C19H12ClF2N3O. The summed E-state index contributed by atoms with van der Waals surface area (Å²) in [6.07, 6.45) is 5.23. The lowest BCUT2D eigenvalue weighted by atomic mass is 10.1. The fourth-order valence-corrected chi connectivity index (χ4v) is 2.83. The highest BCUT2D eigenvalue weighted by atomic mass is 35.5. The standard InChI is InChI=1S/C19H12ClF2N3O/c20-18-7-14(22)3-6-17(18)12-8-23-19-24-15(10-25(19)9-12)11-26-16-4-1-13(21)2-5-16/h1-10H,11H2. The summed E-state index contributed by atoms with van der Waals surface area (Å²) >= 11 is 6.11. The number of imidazole rings is 1. The minimum atomic E-state index is -0.393. The van der Waals surface area contributed by atoms with Crippen LogP contribution in [-0.4, -0.2) is 14.4 Å². The van der Waals surface area contributed by atoms with Crippen LogP contribution in [0, 0.1) is 11.6 Å². The number of fused-ring (bicyclic) bond motifs is 1. The van der Waals surface area contributed by atoms with Gasteiger partial charge in [0.15, 0.2) is 0 Å². The topological polar surface area (TPSA) is 39.4 Å². The minimum Gasteiger partial charge on any atom is -0.487 e. The molecule has 7 heteroatoms. The molecule has 0 radical (unpaired) electrons. The van der Waals surface area contributed by atoms with Crippen molar-refractivity contribution in [2.24, 2.45) is 0 Å². The van der Waals surface area contributed by atoms with Gasteiger partial charge in [0, 0.05) is 29.7 Å². The fraction of sp³-hybridized carbons (Fsp3) is 0.0526. The fourth-order valence-electron chi connectivity index (χ4n) is 2.55. The van der Waals surface area contributed by atoms with Gasteiger partial charge in [0.1, 0.15) is 24.0 Å². The molecule has 0 amide bonds. The summed E-state index contributed by atoms with van der Waals surface area (Å²) in [7, 11) is 0. The molecule has 0 aliphatic rings. The van der Waals surface area contributed by atoms with E-state index in [1.54, 1.807) is 35.0 Å². The summed E-state index contributed by atoms with van der Waals surface area (Å²) in [6, 6.07) is 9.99. The van der Waals surface area contributed by atoms with Gasteiger partial charge in [0.2, 0.25) is 5.78 Å². The summed E-state index contributed by atoms with van der Waals surface area (Å²) in [4.78, 5) is 8.68. The summed E-state index contributed by atoms with van der Waals surface area (Å²) in [6.45, 7) is 0.224. The minimum absolute atomic E-state index is 0.224. The van der Waals surface area contributed by atoms with Crippen molar-refractivity contribution in [1.29, 1.82) is 0 Å². The van der Waals surface area contributed by atoms with Gasteiger partial charge >= 0.3 is 0 Å². The first kappa shape index (κ1) is 16.5. The zero-order valence-corrected chi connectivity index (χ0v) is 14.1. The molecule has 2 aromatic heterocycles. The van der Waals surface area contributed by atoms with Crippen LogP contribution in [0.1, 0.15) is 5.69 Å². The molecule has 2 aromatic carbocycles. The number of nitrogens with zero attached hydrogens (tertiary/aromatic N) is 3. The SMILES string of the molecule is Fc1ccc(OCc2cn3cc(-c4ccc(F)cc4Cl)cnc3n2)cc1. The highest BCUT2D eigenvalue weighted by Gasteiger charge is 2.09. The number of benzene rings is 2. The van der Waals surface area contributed by atoms with Crippen molar-refractivity contribution in [2.75, 3.05) is 0 Å². The summed E-state index contributed by atoms with van der Waals surface area (Å²) in [5, 5.41) is 0.311. The monoisotopic (exact) mass is 371 g/mol. The molecule has 0 aliphatic carbocycles. The van der Waals surface area contributed by atoms with Crippen LogP contribution in [0.3, 0.4) is 0 Å². The molecule has 2 heterocycles. The molecule has 0 unspecified atom stereocenters. The number of halogens is 3. The maximum absolute atomic E-state index is 13.2. The van der Waals surface area contributed by atoms with Crippen LogP contribution in [0.4, 0.5) is 8.78 Å². The highest BCUT2D eigenvalue weighted by Crippen LogP contribution is 2.28. The molecule has 0 atom stereocenters. The van der Waals surface area contributed by atoms with E-state index in [0.717, 1.165) is 5.56 Å². The van der Waals surface area contributed by atoms with E-state index in [1.165, 1.54) is 24.3 Å². The van der Waals surface area contributed by atoms with Crippen molar-refractivity contribution in [3.05, 3.63) is 83.4 Å². The lowest BCUT2D eigenvalue weighted by Crippen LogP contribution is -1.95. The maximum Gasteiger partial charge on any atom is 0.234 e. The molecule has 0 saturated carbocycles. The third-order valence-corrected chi connectivity index (χ3v) is 4.12. The Morgan fingerprint density at radius 1 is 1.00 bits per heavy atom. The van der Waals surface area contributed by atoms with Gasteiger partial charge in [-0.15, -0.1) is 0 Å². The van der Waals surface area contributed by atoms with Gasteiger partial charge < -0.3 is 4.74 Å². The molecule has 0 fully saturated rings. The van der Waals surface area contributed by atoms with E-state index < -0.39 is 5.82 Å². The van der Waals surface area contributed by atoms with Crippen molar-refractivity contribution in [1.82, 2.24) is 14.4 Å². The van der Waals surface area contributed by atoms with Crippen molar-refractivity contribution in [3.63, 3.8) is 0 Å². The molecule has 0 N–H and O–H groups in total. The average Bonchev–Trinajstić information content (AvgIpc) is 3.03. The van der Waals surface area contributed by atoms with Crippen LogP contribution in [0.5, 0.6) is 5.75 Å². The molecule has 4 nitrogen and oxygen atoms in total. The molecule has 0 saturated heterocycles. The zero-order valence-electron chi connectivity index (χ0n) is 13.4. The van der Waals surface area contributed by atoms with Crippen molar-refractivity contribution < 1.29 is 13.5 Å². The second-order valence-corrected chi connectivity index (χ2v) is 6.06. The lowest BCUT2D eigenvalue weighted by molar-refractivity contribution is 0.301. The largest absolute Gasteiger partial charge is 0.487 e. The molecule has 0 aliphatic heterocycles. The van der Waals surface area contributed by atoms with Crippen molar-refractivity contribution in [3.8, 4) is 16.9 Å². The first-order valence-corrected chi connectivity index (χ1v) is 8.14. The molecule has 0 spiro atoms. The third-order valence-electron chi connectivity index (χ3n) is 3.80. The number of aromatic nitrogens is 3. The number of hydrogen-bond acceptors (Lipinski definition) is 3. The van der Waals surface area contributed by atoms with Gasteiger partial charge in [-0.3, -0.25) is 4.40 Å². The Morgan fingerprint density at radius 2 is 1.77 bits per heavy atom. The van der Waals surface area contributed by atoms with E-state index in [0.29, 0.717) is 27.8 Å². The summed E-state index contributed by atoms with van der Waals surface area (Å²) < 4.78 is 33.5. The van der Waals surface area contributed by atoms with Gasteiger partial charge in [0.25, 0.3) is 0 Å². The van der Waals surface area contributed by atoms with Crippen LogP contribution in [0.25, 0.3) is 16.9 Å². The molecule has 4 rings (SSSR count). The Morgan fingerprint density at radius 3 is 2.54 bits per heavy atom. The van der Waals surface area contributed by atoms with Gasteiger partial charge in [0.05, 0.1) is 10.7 Å². The maximum atomic E-state index is 13.2. The van der Waals surface area contributed by atoms with E-state index in [1.807, 2.05) is 6.20 Å². The van der Waals surface area contributed by atoms with E-state index in [9.17, 15) is 8.78 Å². The Balaban J connectivity index is 1.58. The Bertz CT molecular complexity index is 1080. The number of rotatable bonds is 4. The molecule has 4 aromatic rings. The Kier molecular flexibility index (Phi) is 4.26. The quantitative estimate of drug-likeness (QED) is 0.512.